The summed E-state index contributed by atoms with van der Waals surface area (Å²) >= 11 is 0. The molecule has 1 heterocycles. The third-order valence-electron chi connectivity index (χ3n) is 3.48. The minimum absolute atomic E-state index is 1.20. The predicted molar refractivity (Wildman–Crippen MR) is 83.2 cm³/mol. The van der Waals surface area contributed by atoms with Crippen molar-refractivity contribution < 1.29 is 0 Å². The third kappa shape index (κ3) is 2.08. The van der Waals surface area contributed by atoms with Gasteiger partial charge in [0.2, 0.25) is 0 Å². The molecular formula is C18H17N. The highest BCUT2D eigenvalue weighted by Gasteiger charge is 2.07. The van der Waals surface area contributed by atoms with Crippen molar-refractivity contribution in [2.24, 2.45) is 0 Å². The van der Waals surface area contributed by atoms with E-state index in [1.54, 1.807) is 0 Å². The van der Waals surface area contributed by atoms with Crippen molar-refractivity contribution in [1.29, 1.82) is 0 Å². The Bertz CT molecular complexity index is 733. The van der Waals surface area contributed by atoms with Crippen molar-refractivity contribution >= 4 is 17.0 Å². The second kappa shape index (κ2) is 4.77. The van der Waals surface area contributed by atoms with E-state index in [9.17, 15) is 0 Å². The lowest BCUT2D eigenvalue weighted by molar-refractivity contribution is 1.29. The summed E-state index contributed by atoms with van der Waals surface area (Å²) in [6, 6.07) is 17.1. The van der Waals surface area contributed by atoms with Gasteiger partial charge in [-0.3, -0.25) is 0 Å². The quantitative estimate of drug-likeness (QED) is 0.642. The zero-order chi connectivity index (χ0) is 13.2. The molecule has 1 heteroatoms. The Balaban J connectivity index is 2.22. The standard InChI is InChI=1S/C18H17N/c1-3-7-16-13(2)19-18-11-10-15(12-17(16)18)14-8-5-4-6-9-14/h3-12,19H,1-2H3/b7-3-. The molecule has 0 aliphatic heterocycles. The molecule has 0 fully saturated rings. The Hall–Kier alpha value is -2.28. The second-order valence-corrected chi connectivity index (χ2v) is 4.79. The fourth-order valence-electron chi connectivity index (χ4n) is 2.54. The van der Waals surface area contributed by atoms with Crippen LogP contribution < -0.4 is 0 Å². The topological polar surface area (TPSA) is 15.8 Å². The first-order valence-corrected chi connectivity index (χ1v) is 6.60. The largest absolute Gasteiger partial charge is 0.358 e. The fraction of sp³-hybridized carbons (Fsp3) is 0.111. The molecule has 2 aromatic carbocycles. The first-order valence-electron chi connectivity index (χ1n) is 6.60. The summed E-state index contributed by atoms with van der Waals surface area (Å²) in [6.45, 7) is 4.18. The smallest absolute Gasteiger partial charge is 0.0462 e. The van der Waals surface area contributed by atoms with Gasteiger partial charge in [0.15, 0.2) is 0 Å². The van der Waals surface area contributed by atoms with E-state index in [0.29, 0.717) is 0 Å². The average molecular weight is 247 g/mol. The minimum Gasteiger partial charge on any atom is -0.358 e. The van der Waals surface area contributed by atoms with Crippen LogP contribution in [0.2, 0.25) is 0 Å². The van der Waals surface area contributed by atoms with Gasteiger partial charge in [0.1, 0.15) is 0 Å². The van der Waals surface area contributed by atoms with Gasteiger partial charge >= 0.3 is 0 Å². The molecule has 0 bridgehead atoms. The van der Waals surface area contributed by atoms with Gasteiger partial charge in [-0.15, -0.1) is 0 Å². The number of benzene rings is 2. The predicted octanol–water partition coefficient (Wildman–Crippen LogP) is 5.18. The number of rotatable bonds is 2. The van der Waals surface area contributed by atoms with E-state index in [-0.39, 0.29) is 0 Å². The lowest BCUT2D eigenvalue weighted by Gasteiger charge is -2.02. The van der Waals surface area contributed by atoms with Crippen molar-refractivity contribution in [1.82, 2.24) is 4.98 Å². The lowest BCUT2D eigenvalue weighted by Crippen LogP contribution is -1.78. The minimum atomic E-state index is 1.20. The summed E-state index contributed by atoms with van der Waals surface area (Å²) in [7, 11) is 0. The molecule has 0 spiro atoms. The first kappa shape index (κ1) is 11.8. The van der Waals surface area contributed by atoms with Crippen LogP contribution in [-0.4, -0.2) is 4.98 Å². The van der Waals surface area contributed by atoms with E-state index in [0.717, 1.165) is 0 Å². The van der Waals surface area contributed by atoms with Crippen molar-refractivity contribution in [2.75, 3.05) is 0 Å². The van der Waals surface area contributed by atoms with Gasteiger partial charge in [-0.25, -0.2) is 0 Å². The molecule has 0 radical (unpaired) electrons. The summed E-state index contributed by atoms with van der Waals surface area (Å²) in [5, 5.41) is 1.29. The van der Waals surface area contributed by atoms with E-state index in [1.165, 1.54) is 33.3 Å². The van der Waals surface area contributed by atoms with Crippen molar-refractivity contribution in [3.05, 3.63) is 65.9 Å². The number of allylic oxidation sites excluding steroid dienone is 1. The molecule has 1 N–H and O–H groups in total. The zero-order valence-corrected chi connectivity index (χ0v) is 11.3. The maximum absolute atomic E-state index is 3.44. The molecule has 94 valence electrons. The Morgan fingerprint density at radius 2 is 1.74 bits per heavy atom. The molecule has 0 aliphatic rings. The summed E-state index contributed by atoms with van der Waals surface area (Å²) in [5.74, 6) is 0. The van der Waals surface area contributed by atoms with Gasteiger partial charge < -0.3 is 4.98 Å². The van der Waals surface area contributed by atoms with Crippen molar-refractivity contribution in [3.8, 4) is 11.1 Å². The van der Waals surface area contributed by atoms with E-state index < -0.39 is 0 Å². The molecule has 1 aromatic heterocycles. The zero-order valence-electron chi connectivity index (χ0n) is 11.3. The van der Waals surface area contributed by atoms with Gasteiger partial charge in [0.25, 0.3) is 0 Å². The number of hydrogen-bond donors (Lipinski definition) is 1. The lowest BCUT2D eigenvalue weighted by atomic mass is 10.0. The van der Waals surface area contributed by atoms with Gasteiger partial charge in [0, 0.05) is 22.2 Å². The Labute approximate surface area is 113 Å². The second-order valence-electron chi connectivity index (χ2n) is 4.79. The maximum Gasteiger partial charge on any atom is 0.0462 e. The highest BCUT2D eigenvalue weighted by atomic mass is 14.7. The van der Waals surface area contributed by atoms with E-state index >= 15 is 0 Å². The van der Waals surface area contributed by atoms with Crippen LogP contribution in [0.5, 0.6) is 0 Å². The van der Waals surface area contributed by atoms with E-state index in [2.05, 4.69) is 73.4 Å². The summed E-state index contributed by atoms with van der Waals surface area (Å²) in [6.07, 6.45) is 4.26. The average Bonchev–Trinajstić information content (AvgIpc) is 2.76. The SMILES string of the molecule is C/C=C\c1c(C)[nH]c2ccc(-c3ccccc3)cc12. The molecule has 0 saturated heterocycles. The highest BCUT2D eigenvalue weighted by molar-refractivity contribution is 5.93. The van der Waals surface area contributed by atoms with Crippen LogP contribution in [0.4, 0.5) is 0 Å². The number of aromatic nitrogens is 1. The Morgan fingerprint density at radius 3 is 2.47 bits per heavy atom. The normalized spacial score (nSPS) is 11.5. The number of aryl methyl sites for hydroxylation is 1. The Kier molecular flexibility index (Phi) is 2.96. The van der Waals surface area contributed by atoms with E-state index in [4.69, 9.17) is 0 Å². The van der Waals surface area contributed by atoms with Crippen LogP contribution in [0.25, 0.3) is 28.1 Å². The summed E-state index contributed by atoms with van der Waals surface area (Å²) < 4.78 is 0. The van der Waals surface area contributed by atoms with Gasteiger partial charge in [0.05, 0.1) is 0 Å². The molecule has 0 atom stereocenters. The first-order chi connectivity index (χ1) is 9.29. The van der Waals surface area contributed by atoms with Crippen molar-refractivity contribution in [2.45, 2.75) is 13.8 Å². The molecule has 3 rings (SSSR count). The molecule has 19 heavy (non-hydrogen) atoms. The molecular weight excluding hydrogens is 230 g/mol. The highest BCUT2D eigenvalue weighted by Crippen LogP contribution is 2.28. The monoisotopic (exact) mass is 247 g/mol. The van der Waals surface area contributed by atoms with Gasteiger partial charge in [-0.05, 0) is 37.1 Å². The number of fused-ring (bicyclic) bond motifs is 1. The fourth-order valence-corrected chi connectivity index (χ4v) is 2.54. The summed E-state index contributed by atoms with van der Waals surface area (Å²) in [4.78, 5) is 3.44. The van der Waals surface area contributed by atoms with Crippen molar-refractivity contribution in [3.63, 3.8) is 0 Å². The molecule has 1 nitrogen and oxygen atoms in total. The summed E-state index contributed by atoms with van der Waals surface area (Å²) in [5.41, 5.74) is 6.23. The van der Waals surface area contributed by atoms with Crippen LogP contribution in [0.1, 0.15) is 18.2 Å². The molecule has 3 aromatic rings. The number of aromatic amines is 1. The van der Waals surface area contributed by atoms with Gasteiger partial charge in [-0.1, -0.05) is 48.6 Å². The maximum atomic E-state index is 3.44. The third-order valence-corrected chi connectivity index (χ3v) is 3.48. The van der Waals surface area contributed by atoms with E-state index in [1.807, 2.05) is 6.07 Å². The number of H-pyrrole nitrogens is 1. The van der Waals surface area contributed by atoms with Crippen LogP contribution >= 0.6 is 0 Å². The molecule has 0 saturated carbocycles. The van der Waals surface area contributed by atoms with Gasteiger partial charge in [-0.2, -0.15) is 0 Å². The molecule has 0 aliphatic carbocycles. The molecule has 0 unspecified atom stereocenters. The van der Waals surface area contributed by atoms with Crippen LogP contribution in [-0.2, 0) is 0 Å². The Morgan fingerprint density at radius 1 is 0.947 bits per heavy atom. The van der Waals surface area contributed by atoms with Crippen LogP contribution in [0, 0.1) is 6.92 Å². The van der Waals surface area contributed by atoms with Crippen LogP contribution in [0.15, 0.2) is 54.6 Å². The number of nitrogens with one attached hydrogen (secondary N) is 1. The molecule has 0 amide bonds. The van der Waals surface area contributed by atoms with Crippen LogP contribution in [0.3, 0.4) is 0 Å². The number of hydrogen-bond acceptors (Lipinski definition) is 0.